The van der Waals surface area contributed by atoms with Gasteiger partial charge in [-0.05, 0) is 48.4 Å². The second kappa shape index (κ2) is 7.36. The van der Waals surface area contributed by atoms with E-state index in [2.05, 4.69) is 5.32 Å². The predicted molar refractivity (Wildman–Crippen MR) is 81.1 cm³/mol. The van der Waals surface area contributed by atoms with Gasteiger partial charge < -0.3 is 10.1 Å². The van der Waals surface area contributed by atoms with Crippen molar-refractivity contribution in [3.8, 4) is 0 Å². The highest BCUT2D eigenvalue weighted by Gasteiger charge is 2.10. The summed E-state index contributed by atoms with van der Waals surface area (Å²) in [7, 11) is 0. The third-order valence-corrected chi connectivity index (χ3v) is 3.06. The van der Waals surface area contributed by atoms with Crippen molar-refractivity contribution >= 4 is 17.6 Å². The predicted octanol–water partition coefficient (Wildman–Crippen LogP) is 3.18. The third-order valence-electron chi connectivity index (χ3n) is 3.06. The number of aryl methyl sites for hydroxylation is 1. The average Bonchev–Trinajstić information content (AvgIpc) is 2.55. The van der Waals surface area contributed by atoms with Crippen LogP contribution in [0.1, 0.15) is 22.8 Å². The van der Waals surface area contributed by atoms with Gasteiger partial charge in [-0.25, -0.2) is 9.18 Å². The highest BCUT2D eigenvalue weighted by Crippen LogP contribution is 2.09. The van der Waals surface area contributed by atoms with Gasteiger partial charge in [0.05, 0.1) is 5.56 Å². The van der Waals surface area contributed by atoms with Gasteiger partial charge >= 0.3 is 5.97 Å². The zero-order valence-corrected chi connectivity index (χ0v) is 12.1. The Morgan fingerprint density at radius 3 is 2.27 bits per heavy atom. The molecular weight excluding hydrogens is 285 g/mol. The Labute approximate surface area is 127 Å². The van der Waals surface area contributed by atoms with E-state index in [0.29, 0.717) is 11.3 Å². The monoisotopic (exact) mass is 301 g/mol. The number of carbonyl (C=O) groups excluding carboxylic acids is 2. The number of halogens is 1. The summed E-state index contributed by atoms with van der Waals surface area (Å²) in [6.45, 7) is 1.62. The molecular formula is C17H16FNO3. The molecule has 0 radical (unpaired) electrons. The minimum atomic E-state index is -0.558. The van der Waals surface area contributed by atoms with Gasteiger partial charge in [-0.2, -0.15) is 0 Å². The van der Waals surface area contributed by atoms with Crippen molar-refractivity contribution in [2.24, 2.45) is 0 Å². The van der Waals surface area contributed by atoms with E-state index in [4.69, 9.17) is 4.74 Å². The first-order valence-corrected chi connectivity index (χ1v) is 6.90. The molecule has 0 saturated carbocycles. The molecule has 1 amide bonds. The first kappa shape index (κ1) is 15.7. The van der Waals surface area contributed by atoms with Crippen molar-refractivity contribution in [1.29, 1.82) is 0 Å². The fourth-order valence-electron chi connectivity index (χ4n) is 1.82. The van der Waals surface area contributed by atoms with Gasteiger partial charge in [0.2, 0.25) is 0 Å². The van der Waals surface area contributed by atoms with Gasteiger partial charge in [0.15, 0.2) is 6.61 Å². The maximum Gasteiger partial charge on any atom is 0.338 e. The number of rotatable bonds is 5. The number of hydrogen-bond donors (Lipinski definition) is 1. The molecule has 5 heteroatoms. The lowest BCUT2D eigenvalue weighted by Gasteiger charge is -2.07. The summed E-state index contributed by atoms with van der Waals surface area (Å²) in [5.74, 6) is -1.43. The van der Waals surface area contributed by atoms with E-state index >= 15 is 0 Å². The molecule has 0 spiro atoms. The van der Waals surface area contributed by atoms with Crippen LogP contribution in [0.15, 0.2) is 48.5 Å². The summed E-state index contributed by atoms with van der Waals surface area (Å²) in [5.41, 5.74) is 1.95. The average molecular weight is 301 g/mol. The lowest BCUT2D eigenvalue weighted by atomic mass is 10.1. The molecule has 0 bridgehead atoms. The van der Waals surface area contributed by atoms with Crippen LogP contribution < -0.4 is 5.32 Å². The van der Waals surface area contributed by atoms with Crippen molar-refractivity contribution in [2.45, 2.75) is 13.3 Å². The van der Waals surface area contributed by atoms with Gasteiger partial charge in [0.1, 0.15) is 5.82 Å². The van der Waals surface area contributed by atoms with E-state index in [1.807, 2.05) is 19.1 Å². The van der Waals surface area contributed by atoms with E-state index in [1.165, 1.54) is 24.3 Å². The molecule has 4 nitrogen and oxygen atoms in total. The minimum Gasteiger partial charge on any atom is -0.452 e. The molecule has 2 rings (SSSR count). The molecule has 114 valence electrons. The summed E-state index contributed by atoms with van der Waals surface area (Å²) in [6, 6.07) is 12.3. The van der Waals surface area contributed by atoms with Gasteiger partial charge in [0.25, 0.3) is 5.91 Å². The molecule has 0 saturated heterocycles. The SMILES string of the molecule is CCc1ccc(C(=O)OCC(=O)Nc2ccc(F)cc2)cc1. The molecule has 2 aromatic rings. The van der Waals surface area contributed by atoms with E-state index in [0.717, 1.165) is 12.0 Å². The number of nitrogens with one attached hydrogen (secondary N) is 1. The van der Waals surface area contributed by atoms with Crippen LogP contribution in [0.25, 0.3) is 0 Å². The van der Waals surface area contributed by atoms with E-state index in [-0.39, 0.29) is 5.82 Å². The quantitative estimate of drug-likeness (QED) is 0.863. The fraction of sp³-hybridized carbons (Fsp3) is 0.176. The molecule has 0 heterocycles. The molecule has 0 atom stereocenters. The number of amides is 1. The number of esters is 1. The molecule has 0 aliphatic heterocycles. The van der Waals surface area contributed by atoms with Gasteiger partial charge in [0, 0.05) is 5.69 Å². The molecule has 22 heavy (non-hydrogen) atoms. The molecule has 1 N–H and O–H groups in total. The van der Waals surface area contributed by atoms with Gasteiger partial charge in [-0.3, -0.25) is 4.79 Å². The molecule has 0 unspecified atom stereocenters. The normalized spacial score (nSPS) is 10.1. The van der Waals surface area contributed by atoms with Crippen LogP contribution in [0.3, 0.4) is 0 Å². The third kappa shape index (κ3) is 4.41. The van der Waals surface area contributed by atoms with Crippen LogP contribution in [0.2, 0.25) is 0 Å². The number of anilines is 1. The van der Waals surface area contributed by atoms with Gasteiger partial charge in [-0.15, -0.1) is 0 Å². The number of ether oxygens (including phenoxy) is 1. The highest BCUT2D eigenvalue weighted by molar-refractivity contribution is 5.95. The van der Waals surface area contributed by atoms with Gasteiger partial charge in [-0.1, -0.05) is 19.1 Å². The Morgan fingerprint density at radius 2 is 1.68 bits per heavy atom. The van der Waals surface area contributed by atoms with E-state index in [1.54, 1.807) is 12.1 Å². The van der Waals surface area contributed by atoms with Crippen molar-refractivity contribution < 1.29 is 18.7 Å². The van der Waals surface area contributed by atoms with Crippen molar-refractivity contribution in [2.75, 3.05) is 11.9 Å². The Balaban J connectivity index is 1.84. The Kier molecular flexibility index (Phi) is 5.25. The summed E-state index contributed by atoms with van der Waals surface area (Å²) >= 11 is 0. The van der Waals surface area contributed by atoms with Crippen LogP contribution in [0.4, 0.5) is 10.1 Å². The maximum absolute atomic E-state index is 12.7. The number of benzene rings is 2. The smallest absolute Gasteiger partial charge is 0.338 e. The van der Waals surface area contributed by atoms with Crippen LogP contribution in [-0.4, -0.2) is 18.5 Å². The summed E-state index contributed by atoms with van der Waals surface area (Å²) in [5, 5.41) is 2.51. The molecule has 2 aromatic carbocycles. The zero-order chi connectivity index (χ0) is 15.9. The topological polar surface area (TPSA) is 55.4 Å². The van der Waals surface area contributed by atoms with Crippen LogP contribution >= 0.6 is 0 Å². The first-order valence-electron chi connectivity index (χ1n) is 6.90. The molecule has 0 aliphatic carbocycles. The molecule has 0 aliphatic rings. The second-order valence-corrected chi connectivity index (χ2v) is 4.68. The Morgan fingerprint density at radius 1 is 1.05 bits per heavy atom. The van der Waals surface area contributed by atoms with Crippen LogP contribution in [0.5, 0.6) is 0 Å². The standard InChI is InChI=1S/C17H16FNO3/c1-2-12-3-5-13(6-4-12)17(21)22-11-16(20)19-15-9-7-14(18)8-10-15/h3-10H,2,11H2,1H3,(H,19,20). The maximum atomic E-state index is 12.7. The summed E-state index contributed by atoms with van der Waals surface area (Å²) in [4.78, 5) is 23.4. The van der Waals surface area contributed by atoms with Crippen LogP contribution in [0, 0.1) is 5.82 Å². The largest absolute Gasteiger partial charge is 0.452 e. The van der Waals surface area contributed by atoms with Crippen molar-refractivity contribution in [3.63, 3.8) is 0 Å². The summed E-state index contributed by atoms with van der Waals surface area (Å²) < 4.78 is 17.7. The first-order chi connectivity index (χ1) is 10.6. The zero-order valence-electron chi connectivity index (χ0n) is 12.1. The molecule has 0 aromatic heterocycles. The minimum absolute atomic E-state index is 0.389. The number of carbonyl (C=O) groups is 2. The Bertz CT molecular complexity index is 651. The fourth-order valence-corrected chi connectivity index (χ4v) is 1.82. The van der Waals surface area contributed by atoms with Crippen LogP contribution in [-0.2, 0) is 16.0 Å². The Hall–Kier alpha value is -2.69. The second-order valence-electron chi connectivity index (χ2n) is 4.68. The van der Waals surface area contributed by atoms with Crippen molar-refractivity contribution in [3.05, 3.63) is 65.5 Å². The van der Waals surface area contributed by atoms with Crippen molar-refractivity contribution in [1.82, 2.24) is 0 Å². The lowest BCUT2D eigenvalue weighted by molar-refractivity contribution is -0.119. The van der Waals surface area contributed by atoms with E-state index in [9.17, 15) is 14.0 Å². The van der Waals surface area contributed by atoms with E-state index < -0.39 is 18.5 Å². The number of hydrogen-bond acceptors (Lipinski definition) is 3. The lowest BCUT2D eigenvalue weighted by Crippen LogP contribution is -2.20. The summed E-state index contributed by atoms with van der Waals surface area (Å²) in [6.07, 6.45) is 0.884. The highest BCUT2D eigenvalue weighted by atomic mass is 19.1. The molecule has 0 fully saturated rings.